The van der Waals surface area contributed by atoms with E-state index < -0.39 is 0 Å². The summed E-state index contributed by atoms with van der Waals surface area (Å²) in [5.41, 5.74) is 0.453. The van der Waals surface area contributed by atoms with Gasteiger partial charge in [-0.05, 0) is 37.3 Å². The van der Waals surface area contributed by atoms with Crippen molar-refractivity contribution in [1.82, 2.24) is 19.7 Å². The van der Waals surface area contributed by atoms with Crippen molar-refractivity contribution in [2.45, 2.75) is 23.8 Å². The Morgan fingerprint density at radius 3 is 2.96 bits per heavy atom. The molecule has 1 aliphatic heterocycles. The summed E-state index contributed by atoms with van der Waals surface area (Å²) in [4.78, 5) is 14.8. The van der Waals surface area contributed by atoms with Gasteiger partial charge in [0.25, 0.3) is 0 Å². The number of anilines is 1. The average molecular weight is 335 g/mol. The number of nitrogens with zero attached hydrogens (tertiary/aromatic N) is 4. The Morgan fingerprint density at radius 1 is 1.48 bits per heavy atom. The largest absolute Gasteiger partial charge is 0.322 e. The minimum Gasteiger partial charge on any atom is -0.319 e. The van der Waals surface area contributed by atoms with E-state index >= 15 is 0 Å². The lowest BCUT2D eigenvalue weighted by atomic mass is 10.2. The summed E-state index contributed by atoms with van der Waals surface area (Å²) in [6.45, 7) is 0.648. The van der Waals surface area contributed by atoms with Crippen LogP contribution in [0, 0.1) is 5.82 Å². The van der Waals surface area contributed by atoms with Gasteiger partial charge < -0.3 is 14.8 Å². The van der Waals surface area contributed by atoms with Gasteiger partial charge in [0.15, 0.2) is 5.82 Å². The number of rotatable bonds is 3. The zero-order valence-corrected chi connectivity index (χ0v) is 13.8. The number of urea groups is 1. The average Bonchev–Trinajstić information content (AvgIpc) is 3.15. The number of hydrogen-bond donors (Lipinski definition) is 1. The Balaban J connectivity index is 1.75. The number of hydrogen-bond acceptors (Lipinski definition) is 4. The normalized spacial score (nSPS) is 17.5. The lowest BCUT2D eigenvalue weighted by Crippen LogP contribution is -2.35. The monoisotopic (exact) mass is 335 g/mol. The van der Waals surface area contributed by atoms with Crippen LogP contribution in [-0.4, -0.2) is 38.5 Å². The second kappa shape index (κ2) is 6.57. The van der Waals surface area contributed by atoms with Gasteiger partial charge in [0.05, 0.1) is 6.04 Å². The van der Waals surface area contributed by atoms with Crippen LogP contribution in [0.15, 0.2) is 29.4 Å². The third-order valence-electron chi connectivity index (χ3n) is 3.96. The van der Waals surface area contributed by atoms with E-state index in [1.807, 2.05) is 17.9 Å². The van der Waals surface area contributed by atoms with Gasteiger partial charge in [-0.25, -0.2) is 9.18 Å². The van der Waals surface area contributed by atoms with E-state index in [0.717, 1.165) is 18.7 Å². The molecule has 3 rings (SSSR count). The maximum Gasteiger partial charge on any atom is 0.322 e. The zero-order chi connectivity index (χ0) is 16.4. The molecule has 1 saturated heterocycles. The maximum atomic E-state index is 13.8. The molecule has 1 aliphatic rings. The van der Waals surface area contributed by atoms with Crippen molar-refractivity contribution in [2.75, 3.05) is 18.1 Å². The van der Waals surface area contributed by atoms with E-state index in [1.54, 1.807) is 23.4 Å². The number of benzene rings is 1. The fourth-order valence-electron chi connectivity index (χ4n) is 2.81. The van der Waals surface area contributed by atoms with Gasteiger partial charge in [-0.1, -0.05) is 0 Å². The van der Waals surface area contributed by atoms with Gasteiger partial charge in [-0.3, -0.25) is 0 Å². The summed E-state index contributed by atoms with van der Waals surface area (Å²) in [5.74, 6) is 0.433. The van der Waals surface area contributed by atoms with Gasteiger partial charge in [-0.15, -0.1) is 22.0 Å². The van der Waals surface area contributed by atoms with Crippen molar-refractivity contribution in [2.24, 2.45) is 7.05 Å². The van der Waals surface area contributed by atoms with E-state index in [1.165, 1.54) is 17.8 Å². The topological polar surface area (TPSA) is 63.1 Å². The van der Waals surface area contributed by atoms with Crippen LogP contribution in [0.2, 0.25) is 0 Å². The van der Waals surface area contributed by atoms with Crippen LogP contribution in [-0.2, 0) is 7.05 Å². The molecule has 8 heteroatoms. The molecule has 0 saturated carbocycles. The first-order valence-corrected chi connectivity index (χ1v) is 8.57. The number of carbonyl (C=O) groups is 1. The molecule has 1 fully saturated rings. The van der Waals surface area contributed by atoms with Crippen LogP contribution in [0.25, 0.3) is 0 Å². The van der Waals surface area contributed by atoms with Crippen LogP contribution < -0.4 is 5.32 Å². The number of halogens is 1. The molecule has 0 aliphatic carbocycles. The molecule has 2 aromatic rings. The Morgan fingerprint density at radius 2 is 2.30 bits per heavy atom. The SMILES string of the molecule is CSc1ccc(NC(=O)N2CCC[C@@H]2c2nncn2C)cc1F. The second-order valence-corrected chi connectivity index (χ2v) is 6.28. The molecule has 6 nitrogen and oxygen atoms in total. The molecule has 0 radical (unpaired) electrons. The molecule has 2 amide bonds. The van der Waals surface area contributed by atoms with Crippen LogP contribution >= 0.6 is 11.8 Å². The molecule has 122 valence electrons. The Labute approximate surface area is 138 Å². The summed E-state index contributed by atoms with van der Waals surface area (Å²) < 4.78 is 15.6. The van der Waals surface area contributed by atoms with Gasteiger partial charge in [0.1, 0.15) is 12.1 Å². The number of thioether (sulfide) groups is 1. The molecular weight excluding hydrogens is 317 g/mol. The number of likely N-dealkylation sites (tertiary alicyclic amines) is 1. The molecule has 0 unspecified atom stereocenters. The van der Waals surface area contributed by atoms with Gasteiger partial charge in [0, 0.05) is 24.2 Å². The van der Waals surface area contributed by atoms with E-state index in [-0.39, 0.29) is 17.9 Å². The minimum atomic E-state index is -0.332. The lowest BCUT2D eigenvalue weighted by Gasteiger charge is -2.24. The first-order valence-electron chi connectivity index (χ1n) is 7.35. The molecule has 1 aromatic carbocycles. The molecule has 2 heterocycles. The first kappa shape index (κ1) is 15.8. The van der Waals surface area contributed by atoms with Crippen molar-refractivity contribution in [3.05, 3.63) is 36.2 Å². The predicted molar refractivity (Wildman–Crippen MR) is 86.9 cm³/mol. The van der Waals surface area contributed by atoms with Crippen LogP contribution in [0.3, 0.4) is 0 Å². The van der Waals surface area contributed by atoms with Gasteiger partial charge in [0.2, 0.25) is 0 Å². The third-order valence-corrected chi connectivity index (χ3v) is 4.73. The molecule has 0 bridgehead atoms. The highest BCUT2D eigenvalue weighted by molar-refractivity contribution is 7.98. The summed E-state index contributed by atoms with van der Waals surface area (Å²) in [5, 5.41) is 10.7. The fourth-order valence-corrected chi connectivity index (χ4v) is 3.27. The molecule has 1 aromatic heterocycles. The van der Waals surface area contributed by atoms with Crippen molar-refractivity contribution < 1.29 is 9.18 Å². The van der Waals surface area contributed by atoms with Gasteiger partial charge in [-0.2, -0.15) is 0 Å². The second-order valence-electron chi connectivity index (χ2n) is 5.43. The summed E-state index contributed by atoms with van der Waals surface area (Å²) in [7, 11) is 1.86. The standard InChI is InChI=1S/C15H18FN5OS/c1-20-9-17-19-14(20)12-4-3-7-21(12)15(22)18-10-5-6-13(23-2)11(16)8-10/h5-6,8-9,12H,3-4,7H2,1-2H3,(H,18,22)/t12-/m1/s1. The number of aromatic nitrogens is 3. The van der Waals surface area contributed by atoms with Gasteiger partial charge >= 0.3 is 6.03 Å². The molecule has 1 atom stereocenters. The summed E-state index contributed by atoms with van der Waals surface area (Å²) in [6.07, 6.45) is 5.19. The number of carbonyl (C=O) groups excluding carboxylic acids is 1. The Bertz CT molecular complexity index is 720. The molecule has 1 N–H and O–H groups in total. The first-order chi connectivity index (χ1) is 11.1. The highest BCUT2D eigenvalue weighted by atomic mass is 32.2. The quantitative estimate of drug-likeness (QED) is 0.876. The fraction of sp³-hybridized carbons (Fsp3) is 0.400. The Hall–Kier alpha value is -2.09. The summed E-state index contributed by atoms with van der Waals surface area (Å²) >= 11 is 1.33. The highest BCUT2D eigenvalue weighted by Gasteiger charge is 2.33. The predicted octanol–water partition coefficient (Wildman–Crippen LogP) is 3.05. The van der Waals surface area contributed by atoms with E-state index in [2.05, 4.69) is 15.5 Å². The van der Waals surface area contributed by atoms with Crippen molar-refractivity contribution in [3.8, 4) is 0 Å². The number of amides is 2. The van der Waals surface area contributed by atoms with Crippen molar-refractivity contribution in [3.63, 3.8) is 0 Å². The number of nitrogens with one attached hydrogen (secondary N) is 1. The Kier molecular flexibility index (Phi) is 4.51. The number of aryl methyl sites for hydroxylation is 1. The van der Waals surface area contributed by atoms with E-state index in [0.29, 0.717) is 17.1 Å². The van der Waals surface area contributed by atoms with Crippen LogP contribution in [0.4, 0.5) is 14.9 Å². The zero-order valence-electron chi connectivity index (χ0n) is 13.0. The van der Waals surface area contributed by atoms with Crippen molar-refractivity contribution in [1.29, 1.82) is 0 Å². The maximum absolute atomic E-state index is 13.8. The van der Waals surface area contributed by atoms with Crippen molar-refractivity contribution >= 4 is 23.5 Å². The highest BCUT2D eigenvalue weighted by Crippen LogP contribution is 2.31. The third kappa shape index (κ3) is 3.17. The lowest BCUT2D eigenvalue weighted by molar-refractivity contribution is 0.204. The summed E-state index contributed by atoms with van der Waals surface area (Å²) in [6, 6.07) is 4.38. The van der Waals surface area contributed by atoms with Crippen LogP contribution in [0.5, 0.6) is 0 Å². The van der Waals surface area contributed by atoms with Crippen LogP contribution in [0.1, 0.15) is 24.7 Å². The van der Waals surface area contributed by atoms with E-state index in [4.69, 9.17) is 0 Å². The minimum absolute atomic E-state index is 0.0992. The molecule has 0 spiro atoms. The molecular formula is C15H18FN5OS. The smallest absolute Gasteiger partial charge is 0.319 e. The molecule has 23 heavy (non-hydrogen) atoms. The van der Waals surface area contributed by atoms with E-state index in [9.17, 15) is 9.18 Å².